The zero-order valence-corrected chi connectivity index (χ0v) is 13.2. The molecule has 0 aromatic heterocycles. The molecule has 0 aliphatic carbocycles. The second-order valence-corrected chi connectivity index (χ2v) is 5.80. The number of nitrogens with zero attached hydrogens (tertiary/aromatic N) is 1. The molecule has 1 aromatic carbocycles. The molecule has 1 aliphatic rings. The van der Waals surface area contributed by atoms with Crippen LogP contribution in [-0.2, 0) is 9.53 Å². The molecule has 1 saturated heterocycles. The third-order valence-corrected chi connectivity index (χ3v) is 4.08. The maximum absolute atomic E-state index is 12.3. The molecular weight excluding hydrogens is 284 g/mol. The van der Waals surface area contributed by atoms with Gasteiger partial charge in [0.15, 0.2) is 0 Å². The maximum Gasteiger partial charge on any atom is 0.226 e. The molecule has 1 atom stereocenters. The van der Waals surface area contributed by atoms with Crippen molar-refractivity contribution in [1.82, 2.24) is 0 Å². The van der Waals surface area contributed by atoms with Gasteiger partial charge in [0.1, 0.15) is 4.99 Å². The number of nitrogens with two attached hydrogens (primary N) is 1. The van der Waals surface area contributed by atoms with E-state index < -0.39 is 0 Å². The molecule has 0 spiro atoms. The van der Waals surface area contributed by atoms with Crippen molar-refractivity contribution >= 4 is 28.8 Å². The van der Waals surface area contributed by atoms with Crippen molar-refractivity contribution in [2.45, 2.75) is 38.2 Å². The molecule has 5 heteroatoms. The van der Waals surface area contributed by atoms with E-state index in [-0.39, 0.29) is 12.0 Å². The van der Waals surface area contributed by atoms with E-state index >= 15 is 0 Å². The molecule has 21 heavy (non-hydrogen) atoms. The highest BCUT2D eigenvalue weighted by molar-refractivity contribution is 7.80. The van der Waals surface area contributed by atoms with Gasteiger partial charge in [0.2, 0.25) is 5.91 Å². The van der Waals surface area contributed by atoms with Gasteiger partial charge in [0.25, 0.3) is 0 Å². The summed E-state index contributed by atoms with van der Waals surface area (Å²) in [6, 6.07) is 7.45. The summed E-state index contributed by atoms with van der Waals surface area (Å²) in [4.78, 5) is 14.3. The zero-order chi connectivity index (χ0) is 15.2. The lowest BCUT2D eigenvalue weighted by molar-refractivity contribution is -0.119. The Labute approximate surface area is 131 Å². The first-order chi connectivity index (χ1) is 10.1. The number of benzene rings is 1. The predicted molar refractivity (Wildman–Crippen MR) is 88.6 cm³/mol. The first kappa shape index (κ1) is 15.9. The number of amides is 1. The minimum absolute atomic E-state index is 0.0628. The van der Waals surface area contributed by atoms with Crippen LogP contribution < -0.4 is 10.6 Å². The Morgan fingerprint density at radius 2 is 2.19 bits per heavy atom. The number of carbonyl (C=O) groups is 1. The van der Waals surface area contributed by atoms with Crippen LogP contribution in [0.25, 0.3) is 0 Å². The van der Waals surface area contributed by atoms with Gasteiger partial charge < -0.3 is 15.4 Å². The summed E-state index contributed by atoms with van der Waals surface area (Å²) in [6.45, 7) is 0.818. The molecule has 1 fully saturated rings. The average Bonchev–Trinajstić information content (AvgIpc) is 2.52. The van der Waals surface area contributed by atoms with Gasteiger partial charge in [0.05, 0.1) is 11.8 Å². The van der Waals surface area contributed by atoms with Crippen molar-refractivity contribution in [1.29, 1.82) is 0 Å². The summed E-state index contributed by atoms with van der Waals surface area (Å²) in [7, 11) is 1.77. The lowest BCUT2D eigenvalue weighted by atomic mass is 10.0. The monoisotopic (exact) mass is 306 g/mol. The lowest BCUT2D eigenvalue weighted by Gasteiger charge is -2.24. The molecule has 114 valence electrons. The molecular formula is C16H22N2O2S. The zero-order valence-electron chi connectivity index (χ0n) is 12.4. The average molecular weight is 306 g/mol. The third-order valence-electron chi connectivity index (χ3n) is 3.86. The van der Waals surface area contributed by atoms with Crippen molar-refractivity contribution in [3.63, 3.8) is 0 Å². The third kappa shape index (κ3) is 4.25. The van der Waals surface area contributed by atoms with Crippen molar-refractivity contribution in [2.24, 2.45) is 5.73 Å². The van der Waals surface area contributed by atoms with Crippen LogP contribution in [0.3, 0.4) is 0 Å². The van der Waals surface area contributed by atoms with Crippen LogP contribution in [0.4, 0.5) is 5.69 Å². The SMILES string of the molecule is CN(C(=O)CCC1CCCCO1)c1ccccc1C(N)=S. The molecule has 2 N–H and O–H groups in total. The molecule has 1 heterocycles. The molecule has 2 rings (SSSR count). The topological polar surface area (TPSA) is 55.6 Å². The van der Waals surface area contributed by atoms with Crippen LogP contribution in [0.15, 0.2) is 24.3 Å². The number of carbonyl (C=O) groups excluding carboxylic acids is 1. The maximum atomic E-state index is 12.3. The van der Waals surface area contributed by atoms with Crippen LogP contribution in [-0.4, -0.2) is 30.7 Å². The fourth-order valence-electron chi connectivity index (χ4n) is 2.60. The van der Waals surface area contributed by atoms with Gasteiger partial charge in [-0.25, -0.2) is 0 Å². The Kier molecular flexibility index (Phi) is 5.70. The quantitative estimate of drug-likeness (QED) is 0.850. The number of hydrogen-bond donors (Lipinski definition) is 1. The van der Waals surface area contributed by atoms with E-state index in [2.05, 4.69) is 0 Å². The minimum atomic E-state index is 0.0628. The van der Waals surface area contributed by atoms with E-state index in [1.54, 1.807) is 11.9 Å². The molecule has 1 amide bonds. The highest BCUT2D eigenvalue weighted by Crippen LogP contribution is 2.22. The molecule has 1 aliphatic heterocycles. The van der Waals surface area contributed by atoms with Crippen LogP contribution in [0, 0.1) is 0 Å². The summed E-state index contributed by atoms with van der Waals surface area (Å²) >= 11 is 5.04. The lowest BCUT2D eigenvalue weighted by Crippen LogP contribution is -2.30. The smallest absolute Gasteiger partial charge is 0.226 e. The van der Waals surface area contributed by atoms with Crippen LogP contribution in [0.2, 0.25) is 0 Å². The summed E-state index contributed by atoms with van der Waals surface area (Å²) in [5.41, 5.74) is 7.21. The Morgan fingerprint density at radius 1 is 1.43 bits per heavy atom. The normalized spacial score (nSPS) is 18.2. The second-order valence-electron chi connectivity index (χ2n) is 5.36. The predicted octanol–water partition coefficient (Wildman–Crippen LogP) is 2.63. The van der Waals surface area contributed by atoms with Crippen molar-refractivity contribution in [2.75, 3.05) is 18.6 Å². The molecule has 4 nitrogen and oxygen atoms in total. The van der Waals surface area contributed by atoms with Crippen molar-refractivity contribution in [3.8, 4) is 0 Å². The molecule has 1 unspecified atom stereocenters. The van der Waals surface area contributed by atoms with Crippen molar-refractivity contribution < 1.29 is 9.53 Å². The second kappa shape index (κ2) is 7.52. The Balaban J connectivity index is 1.97. The Morgan fingerprint density at radius 3 is 2.86 bits per heavy atom. The number of ether oxygens (including phenoxy) is 1. The number of thiocarbonyl (C=S) groups is 1. The van der Waals surface area contributed by atoms with Gasteiger partial charge in [-0.05, 0) is 37.8 Å². The van der Waals surface area contributed by atoms with E-state index in [1.807, 2.05) is 24.3 Å². The largest absolute Gasteiger partial charge is 0.389 e. The van der Waals surface area contributed by atoms with Gasteiger partial charge in [-0.1, -0.05) is 24.4 Å². The van der Waals surface area contributed by atoms with Gasteiger partial charge in [-0.2, -0.15) is 0 Å². The van der Waals surface area contributed by atoms with Gasteiger partial charge in [-0.15, -0.1) is 0 Å². The summed E-state index contributed by atoms with van der Waals surface area (Å²) in [5, 5.41) is 0. The van der Waals surface area contributed by atoms with Crippen LogP contribution in [0.5, 0.6) is 0 Å². The molecule has 0 radical (unpaired) electrons. The van der Waals surface area contributed by atoms with Gasteiger partial charge in [-0.3, -0.25) is 4.79 Å². The van der Waals surface area contributed by atoms with Gasteiger partial charge in [0, 0.05) is 25.6 Å². The Hall–Kier alpha value is -1.46. The fourth-order valence-corrected chi connectivity index (χ4v) is 2.77. The number of anilines is 1. The van der Waals surface area contributed by atoms with E-state index in [9.17, 15) is 4.79 Å². The summed E-state index contributed by atoms with van der Waals surface area (Å²) in [6.07, 6.45) is 4.86. The summed E-state index contributed by atoms with van der Waals surface area (Å²) in [5.74, 6) is 0.0628. The molecule has 0 saturated carbocycles. The van der Waals surface area contributed by atoms with Crippen LogP contribution in [0.1, 0.15) is 37.7 Å². The number of hydrogen-bond acceptors (Lipinski definition) is 3. The molecule has 0 bridgehead atoms. The van der Waals surface area contributed by atoms with Crippen molar-refractivity contribution in [3.05, 3.63) is 29.8 Å². The Bertz CT molecular complexity index is 513. The number of rotatable bonds is 5. The fraction of sp³-hybridized carbons (Fsp3) is 0.500. The van der Waals surface area contributed by atoms with Crippen LogP contribution >= 0.6 is 12.2 Å². The van der Waals surface area contributed by atoms with E-state index in [0.717, 1.165) is 37.1 Å². The number of para-hydroxylation sites is 1. The first-order valence-electron chi connectivity index (χ1n) is 7.36. The molecule has 1 aromatic rings. The van der Waals surface area contributed by atoms with E-state index in [0.29, 0.717) is 11.4 Å². The van der Waals surface area contributed by atoms with E-state index in [1.165, 1.54) is 6.42 Å². The van der Waals surface area contributed by atoms with E-state index in [4.69, 9.17) is 22.7 Å². The highest BCUT2D eigenvalue weighted by atomic mass is 32.1. The summed E-state index contributed by atoms with van der Waals surface area (Å²) < 4.78 is 5.66. The first-order valence-corrected chi connectivity index (χ1v) is 7.77. The minimum Gasteiger partial charge on any atom is -0.389 e. The van der Waals surface area contributed by atoms with Gasteiger partial charge >= 0.3 is 0 Å². The standard InChI is InChI=1S/C16H22N2O2S/c1-18(14-8-3-2-7-13(14)16(17)21)15(19)10-9-12-6-4-5-11-20-12/h2-3,7-8,12H,4-6,9-11H2,1H3,(H2,17,21). The highest BCUT2D eigenvalue weighted by Gasteiger charge is 2.19.